The number of H-pyrrole nitrogens is 1. The Labute approximate surface area is 167 Å². The second-order valence-electron chi connectivity index (χ2n) is 6.91. The highest BCUT2D eigenvalue weighted by atomic mass is 32.2. The van der Waals surface area contributed by atoms with Crippen molar-refractivity contribution in [3.63, 3.8) is 0 Å². The van der Waals surface area contributed by atoms with Gasteiger partial charge in [0.2, 0.25) is 0 Å². The van der Waals surface area contributed by atoms with Gasteiger partial charge in [-0.1, -0.05) is 11.8 Å². The molecule has 1 saturated heterocycles. The number of nitrogens with one attached hydrogen (secondary N) is 1. The van der Waals surface area contributed by atoms with Crippen LogP contribution < -0.4 is 5.56 Å². The minimum Gasteiger partial charge on any atom is -0.306 e. The summed E-state index contributed by atoms with van der Waals surface area (Å²) in [4.78, 5) is 35.0. The molecule has 3 aromatic heterocycles. The maximum atomic E-state index is 12.2. The van der Waals surface area contributed by atoms with Gasteiger partial charge in [-0.3, -0.25) is 14.7 Å². The Morgan fingerprint density at radius 3 is 2.89 bits per heavy atom. The third kappa shape index (κ3) is 4.45. The van der Waals surface area contributed by atoms with E-state index in [9.17, 15) is 4.79 Å². The maximum Gasteiger partial charge on any atom is 0.251 e. The topological polar surface area (TPSA) is 87.7 Å². The SMILES string of the molecule is CSc1ncc(CN2CCCC(c3cc(=O)[nH]c(-c4cccnc4)n3)C2)cn1. The van der Waals surface area contributed by atoms with Gasteiger partial charge in [0, 0.05) is 61.0 Å². The predicted molar refractivity (Wildman–Crippen MR) is 109 cm³/mol. The molecule has 3 aromatic rings. The standard InChI is InChI=1S/C20H22N6OS/c1-28-20-22-9-14(10-23-20)12-26-7-3-5-16(13-26)17-8-18(27)25-19(24-17)15-4-2-6-21-11-15/h2,4,6,8-11,16H,3,5,7,12-13H2,1H3,(H,24,25,27). The van der Waals surface area contributed by atoms with E-state index in [0.29, 0.717) is 5.82 Å². The number of hydrogen-bond acceptors (Lipinski definition) is 7. The van der Waals surface area contributed by atoms with Crippen LogP contribution in [0.3, 0.4) is 0 Å². The summed E-state index contributed by atoms with van der Waals surface area (Å²) in [6.45, 7) is 2.70. The summed E-state index contributed by atoms with van der Waals surface area (Å²) >= 11 is 1.54. The van der Waals surface area contributed by atoms with Crippen molar-refractivity contribution >= 4 is 11.8 Å². The molecule has 4 heterocycles. The summed E-state index contributed by atoms with van der Waals surface area (Å²) < 4.78 is 0. The molecular weight excluding hydrogens is 372 g/mol. The number of piperidine rings is 1. The molecule has 0 saturated carbocycles. The zero-order valence-corrected chi connectivity index (χ0v) is 16.5. The van der Waals surface area contributed by atoms with Gasteiger partial charge in [-0.2, -0.15) is 0 Å². The van der Waals surface area contributed by atoms with Crippen LogP contribution in [0, 0.1) is 0 Å². The van der Waals surface area contributed by atoms with Crippen LogP contribution in [-0.4, -0.2) is 49.2 Å². The average molecular weight is 395 g/mol. The first-order chi connectivity index (χ1) is 13.7. The van der Waals surface area contributed by atoms with Crippen LogP contribution in [0.5, 0.6) is 0 Å². The highest BCUT2D eigenvalue weighted by molar-refractivity contribution is 7.98. The lowest BCUT2D eigenvalue weighted by molar-refractivity contribution is 0.198. The molecule has 4 rings (SSSR count). The van der Waals surface area contributed by atoms with Gasteiger partial charge >= 0.3 is 0 Å². The quantitative estimate of drug-likeness (QED) is 0.526. The molecule has 8 heteroatoms. The lowest BCUT2D eigenvalue weighted by Crippen LogP contribution is -2.34. The van der Waals surface area contributed by atoms with Gasteiger partial charge in [0.25, 0.3) is 5.56 Å². The van der Waals surface area contributed by atoms with Crippen molar-refractivity contribution in [2.75, 3.05) is 19.3 Å². The molecule has 7 nitrogen and oxygen atoms in total. The Morgan fingerprint density at radius 2 is 2.14 bits per heavy atom. The normalized spacial score (nSPS) is 17.5. The molecule has 1 atom stereocenters. The molecule has 1 aliphatic rings. The van der Waals surface area contributed by atoms with Gasteiger partial charge in [-0.15, -0.1) is 0 Å². The lowest BCUT2D eigenvalue weighted by Gasteiger charge is -2.32. The van der Waals surface area contributed by atoms with Crippen molar-refractivity contribution in [3.05, 3.63) is 64.6 Å². The van der Waals surface area contributed by atoms with E-state index in [1.807, 2.05) is 30.8 Å². The summed E-state index contributed by atoms with van der Waals surface area (Å²) in [5, 5.41) is 0.788. The molecular formula is C20H22N6OS. The first kappa shape index (κ1) is 18.8. The minimum atomic E-state index is -0.123. The molecule has 1 aliphatic heterocycles. The monoisotopic (exact) mass is 394 g/mol. The van der Waals surface area contributed by atoms with Crippen molar-refractivity contribution in [1.82, 2.24) is 29.8 Å². The second-order valence-corrected chi connectivity index (χ2v) is 7.69. The van der Waals surface area contributed by atoms with Gasteiger partial charge in [-0.25, -0.2) is 15.0 Å². The Morgan fingerprint density at radius 1 is 1.29 bits per heavy atom. The number of aromatic nitrogens is 5. The number of thioether (sulfide) groups is 1. The first-order valence-electron chi connectivity index (χ1n) is 9.30. The molecule has 28 heavy (non-hydrogen) atoms. The van der Waals surface area contributed by atoms with E-state index in [1.54, 1.807) is 30.2 Å². The van der Waals surface area contributed by atoms with Gasteiger partial charge in [-0.05, 0) is 37.8 Å². The van der Waals surface area contributed by atoms with E-state index in [2.05, 4.69) is 24.8 Å². The van der Waals surface area contributed by atoms with Crippen molar-refractivity contribution in [2.45, 2.75) is 30.5 Å². The van der Waals surface area contributed by atoms with E-state index < -0.39 is 0 Å². The molecule has 0 amide bonds. The fourth-order valence-electron chi connectivity index (χ4n) is 3.55. The molecule has 0 bridgehead atoms. The van der Waals surface area contributed by atoms with Crippen LogP contribution in [0.2, 0.25) is 0 Å². The molecule has 1 N–H and O–H groups in total. The highest BCUT2D eigenvalue weighted by Crippen LogP contribution is 2.27. The van der Waals surface area contributed by atoms with E-state index in [0.717, 1.165) is 54.5 Å². The van der Waals surface area contributed by atoms with E-state index >= 15 is 0 Å². The number of pyridine rings is 1. The number of aromatic amines is 1. The van der Waals surface area contributed by atoms with Crippen LogP contribution in [-0.2, 0) is 6.54 Å². The molecule has 0 aliphatic carbocycles. The Kier molecular flexibility index (Phi) is 5.78. The number of nitrogens with zero attached hydrogens (tertiary/aromatic N) is 5. The van der Waals surface area contributed by atoms with Crippen LogP contribution in [0.25, 0.3) is 11.4 Å². The van der Waals surface area contributed by atoms with E-state index in [4.69, 9.17) is 4.98 Å². The largest absolute Gasteiger partial charge is 0.306 e. The molecule has 144 valence electrons. The summed E-state index contributed by atoms with van der Waals surface area (Å²) in [5.74, 6) is 0.812. The molecule has 1 unspecified atom stereocenters. The summed E-state index contributed by atoms with van der Waals surface area (Å²) in [7, 11) is 0. The molecule has 0 spiro atoms. The van der Waals surface area contributed by atoms with Gasteiger partial charge in [0.05, 0.1) is 5.69 Å². The Hall–Kier alpha value is -2.58. The predicted octanol–water partition coefficient (Wildman–Crippen LogP) is 2.72. The summed E-state index contributed by atoms with van der Waals surface area (Å²) in [6, 6.07) is 5.37. The number of hydrogen-bond donors (Lipinski definition) is 1. The van der Waals surface area contributed by atoms with Crippen LogP contribution in [0.1, 0.15) is 30.0 Å². The van der Waals surface area contributed by atoms with Crippen LogP contribution in [0.15, 0.2) is 52.9 Å². The molecule has 1 fully saturated rings. The molecule has 0 aromatic carbocycles. The first-order valence-corrected chi connectivity index (χ1v) is 10.5. The smallest absolute Gasteiger partial charge is 0.251 e. The summed E-state index contributed by atoms with van der Waals surface area (Å²) in [5.41, 5.74) is 2.65. The van der Waals surface area contributed by atoms with Gasteiger partial charge < -0.3 is 4.98 Å². The zero-order valence-electron chi connectivity index (χ0n) is 15.7. The van der Waals surface area contributed by atoms with E-state index in [1.165, 1.54) is 0 Å². The highest BCUT2D eigenvalue weighted by Gasteiger charge is 2.23. The van der Waals surface area contributed by atoms with E-state index in [-0.39, 0.29) is 11.5 Å². The Balaban J connectivity index is 1.51. The van der Waals surface area contributed by atoms with Gasteiger partial charge in [0.1, 0.15) is 5.82 Å². The lowest BCUT2D eigenvalue weighted by atomic mass is 9.94. The Bertz CT molecular complexity index is 976. The zero-order chi connectivity index (χ0) is 19.3. The second kappa shape index (κ2) is 8.62. The van der Waals surface area contributed by atoms with Crippen LogP contribution in [0.4, 0.5) is 0 Å². The van der Waals surface area contributed by atoms with Gasteiger partial charge in [0.15, 0.2) is 5.16 Å². The average Bonchev–Trinajstić information content (AvgIpc) is 2.75. The number of likely N-dealkylation sites (tertiary alicyclic amines) is 1. The minimum absolute atomic E-state index is 0.123. The van der Waals surface area contributed by atoms with Crippen LogP contribution >= 0.6 is 11.8 Å². The van der Waals surface area contributed by atoms with Crippen molar-refractivity contribution in [1.29, 1.82) is 0 Å². The van der Waals surface area contributed by atoms with Crippen molar-refractivity contribution < 1.29 is 0 Å². The third-order valence-electron chi connectivity index (χ3n) is 4.89. The van der Waals surface area contributed by atoms with Crippen molar-refractivity contribution in [3.8, 4) is 11.4 Å². The fourth-order valence-corrected chi connectivity index (χ4v) is 3.87. The van der Waals surface area contributed by atoms with Crippen molar-refractivity contribution in [2.24, 2.45) is 0 Å². The fraction of sp³-hybridized carbons (Fsp3) is 0.350. The summed E-state index contributed by atoms with van der Waals surface area (Å²) in [6.07, 6.45) is 11.3. The third-order valence-corrected chi connectivity index (χ3v) is 5.47. The number of rotatable bonds is 5. The molecule has 0 radical (unpaired) electrons. The maximum absolute atomic E-state index is 12.2.